The second-order valence-corrected chi connectivity index (χ2v) is 4.47. The van der Waals surface area contributed by atoms with Crippen molar-refractivity contribution in [2.75, 3.05) is 5.73 Å². The minimum absolute atomic E-state index is 0.140. The molecule has 0 unspecified atom stereocenters. The quantitative estimate of drug-likeness (QED) is 0.718. The van der Waals surface area contributed by atoms with E-state index >= 15 is 0 Å². The summed E-state index contributed by atoms with van der Waals surface area (Å²) in [5.74, 6) is -0.568. The highest BCUT2D eigenvalue weighted by Gasteiger charge is 2.17. The van der Waals surface area contributed by atoms with E-state index in [4.69, 9.17) is 11.5 Å². The predicted molar refractivity (Wildman–Crippen MR) is 63.2 cm³/mol. The number of aliphatic hydroxyl groups excluding tert-OH is 1. The number of hydrogen-bond acceptors (Lipinski definition) is 5. The molecule has 0 aliphatic carbocycles. The van der Waals surface area contributed by atoms with E-state index in [9.17, 15) is 9.90 Å². The van der Waals surface area contributed by atoms with Gasteiger partial charge in [0.1, 0.15) is 9.71 Å². The summed E-state index contributed by atoms with van der Waals surface area (Å²) in [6.07, 6.45) is 0. The van der Waals surface area contributed by atoms with Crippen LogP contribution in [0, 0.1) is 6.92 Å². The van der Waals surface area contributed by atoms with Gasteiger partial charge in [-0.05, 0) is 18.6 Å². The molecule has 0 atom stereocenters. The highest BCUT2D eigenvalue weighted by atomic mass is 32.1. The normalized spacial score (nSPS) is 10.9. The number of nitrogen functional groups attached to an aromatic ring is 1. The van der Waals surface area contributed by atoms with Gasteiger partial charge in [0.25, 0.3) is 5.91 Å². The number of primary amides is 1. The van der Waals surface area contributed by atoms with Gasteiger partial charge in [-0.25, -0.2) is 4.98 Å². The van der Waals surface area contributed by atoms with Gasteiger partial charge in [-0.3, -0.25) is 4.79 Å². The second-order valence-electron chi connectivity index (χ2n) is 3.47. The molecule has 0 aliphatic rings. The number of carbonyl (C=O) groups is 1. The topological polar surface area (TPSA) is 102 Å². The average Bonchev–Trinajstić information content (AvgIpc) is 2.55. The first kappa shape index (κ1) is 10.8. The summed E-state index contributed by atoms with van der Waals surface area (Å²) in [6.45, 7) is 1.68. The molecule has 0 aromatic carbocycles. The molecule has 0 aliphatic heterocycles. The lowest BCUT2D eigenvalue weighted by Gasteiger charge is -2.01. The number of aliphatic hydroxyl groups is 1. The summed E-state index contributed by atoms with van der Waals surface area (Å²) >= 11 is 1.15. The predicted octanol–water partition coefficient (Wildman–Crippen LogP) is 0.778. The van der Waals surface area contributed by atoms with Gasteiger partial charge in [-0.1, -0.05) is 0 Å². The van der Waals surface area contributed by atoms with Crippen molar-refractivity contribution in [3.63, 3.8) is 0 Å². The van der Waals surface area contributed by atoms with Gasteiger partial charge in [0.2, 0.25) is 0 Å². The molecule has 0 saturated heterocycles. The average molecular weight is 237 g/mol. The van der Waals surface area contributed by atoms with Crippen LogP contribution in [0.15, 0.2) is 6.07 Å². The maximum absolute atomic E-state index is 11.1. The third-order valence-electron chi connectivity index (χ3n) is 2.30. The van der Waals surface area contributed by atoms with Crippen LogP contribution in [0.2, 0.25) is 0 Å². The van der Waals surface area contributed by atoms with Crippen molar-refractivity contribution in [1.82, 2.24) is 4.98 Å². The van der Waals surface area contributed by atoms with E-state index in [1.807, 2.05) is 6.92 Å². The van der Waals surface area contributed by atoms with Crippen molar-refractivity contribution in [3.05, 3.63) is 22.2 Å². The lowest BCUT2D eigenvalue weighted by Crippen LogP contribution is -2.10. The first-order valence-corrected chi connectivity index (χ1v) is 5.45. The van der Waals surface area contributed by atoms with E-state index in [-0.39, 0.29) is 6.61 Å². The molecule has 6 heteroatoms. The minimum Gasteiger partial charge on any atom is -0.397 e. The zero-order chi connectivity index (χ0) is 11.9. The number of thiophene rings is 1. The summed E-state index contributed by atoms with van der Waals surface area (Å²) in [4.78, 5) is 16.3. The smallest absolute Gasteiger partial charge is 0.260 e. The molecule has 0 spiro atoms. The van der Waals surface area contributed by atoms with Crippen LogP contribution >= 0.6 is 11.3 Å². The molecule has 2 rings (SSSR count). The van der Waals surface area contributed by atoms with Gasteiger partial charge in [0.15, 0.2) is 0 Å². The van der Waals surface area contributed by atoms with E-state index in [1.54, 1.807) is 6.07 Å². The highest BCUT2D eigenvalue weighted by Crippen LogP contribution is 2.34. The molecule has 0 saturated carbocycles. The van der Waals surface area contributed by atoms with Crippen molar-refractivity contribution < 1.29 is 9.90 Å². The third kappa shape index (κ3) is 1.52. The number of anilines is 1. The molecular formula is C10H11N3O2S. The van der Waals surface area contributed by atoms with E-state index in [0.29, 0.717) is 26.3 Å². The van der Waals surface area contributed by atoms with E-state index in [1.165, 1.54) is 0 Å². The maximum atomic E-state index is 11.1. The van der Waals surface area contributed by atoms with Crippen molar-refractivity contribution in [3.8, 4) is 0 Å². The van der Waals surface area contributed by atoms with Crippen LogP contribution in [0.3, 0.4) is 0 Å². The van der Waals surface area contributed by atoms with Gasteiger partial charge in [0.05, 0.1) is 12.3 Å². The number of aromatic nitrogens is 1. The molecule has 16 heavy (non-hydrogen) atoms. The lowest BCUT2D eigenvalue weighted by atomic mass is 10.1. The molecule has 0 radical (unpaired) electrons. The molecule has 2 heterocycles. The van der Waals surface area contributed by atoms with E-state index in [0.717, 1.165) is 17.0 Å². The molecule has 84 valence electrons. The Morgan fingerprint density at radius 2 is 2.31 bits per heavy atom. The molecular weight excluding hydrogens is 226 g/mol. The summed E-state index contributed by atoms with van der Waals surface area (Å²) in [6, 6.07) is 1.75. The molecule has 5 N–H and O–H groups in total. The van der Waals surface area contributed by atoms with Gasteiger partial charge < -0.3 is 16.6 Å². The van der Waals surface area contributed by atoms with E-state index in [2.05, 4.69) is 4.98 Å². The fourth-order valence-corrected chi connectivity index (χ4v) is 2.68. The standard InChI is InChI=1S/C10H11N3O2S/c1-4-2-5(3-14)6-7(11)8(9(12)15)16-10(6)13-4/h2,14H,3,11H2,1H3,(H2,12,15). The molecule has 5 nitrogen and oxygen atoms in total. The highest BCUT2D eigenvalue weighted by molar-refractivity contribution is 7.21. The lowest BCUT2D eigenvalue weighted by molar-refractivity contribution is 0.100. The SMILES string of the molecule is Cc1cc(CO)c2c(N)c(C(N)=O)sc2n1. The molecule has 0 bridgehead atoms. The third-order valence-corrected chi connectivity index (χ3v) is 3.42. The van der Waals surface area contributed by atoms with Gasteiger partial charge in [-0.15, -0.1) is 11.3 Å². The molecule has 2 aromatic heterocycles. The Morgan fingerprint density at radius 1 is 1.62 bits per heavy atom. The van der Waals surface area contributed by atoms with Crippen molar-refractivity contribution in [1.29, 1.82) is 0 Å². The van der Waals surface area contributed by atoms with Crippen molar-refractivity contribution in [2.24, 2.45) is 5.73 Å². The zero-order valence-corrected chi connectivity index (χ0v) is 9.47. The zero-order valence-electron chi connectivity index (χ0n) is 8.65. The van der Waals surface area contributed by atoms with Crippen LogP contribution in [-0.4, -0.2) is 16.0 Å². The number of hydrogen-bond donors (Lipinski definition) is 3. The van der Waals surface area contributed by atoms with Crippen LogP contribution in [0.5, 0.6) is 0 Å². The van der Waals surface area contributed by atoms with Crippen LogP contribution < -0.4 is 11.5 Å². The largest absolute Gasteiger partial charge is 0.397 e. The van der Waals surface area contributed by atoms with Crippen molar-refractivity contribution >= 4 is 33.1 Å². The van der Waals surface area contributed by atoms with Gasteiger partial charge in [0, 0.05) is 11.1 Å². The Bertz CT molecular complexity index is 577. The number of aryl methyl sites for hydroxylation is 1. The fourth-order valence-electron chi connectivity index (χ4n) is 1.64. The number of carbonyl (C=O) groups excluding carboxylic acids is 1. The first-order chi connectivity index (χ1) is 7.54. The second kappa shape index (κ2) is 3.73. The van der Waals surface area contributed by atoms with Gasteiger partial charge in [-0.2, -0.15) is 0 Å². The Labute approximate surface area is 95.7 Å². The Hall–Kier alpha value is -1.66. The fraction of sp³-hybridized carbons (Fsp3) is 0.200. The monoisotopic (exact) mass is 237 g/mol. The Kier molecular flexibility index (Phi) is 2.53. The number of rotatable bonds is 2. The van der Waals surface area contributed by atoms with E-state index < -0.39 is 5.91 Å². The summed E-state index contributed by atoms with van der Waals surface area (Å²) < 4.78 is 0. The molecule has 0 fully saturated rings. The number of nitrogens with zero attached hydrogens (tertiary/aromatic N) is 1. The Morgan fingerprint density at radius 3 is 2.88 bits per heavy atom. The van der Waals surface area contributed by atoms with Crippen LogP contribution in [0.4, 0.5) is 5.69 Å². The number of pyridine rings is 1. The van der Waals surface area contributed by atoms with Crippen LogP contribution in [0.25, 0.3) is 10.2 Å². The van der Waals surface area contributed by atoms with Gasteiger partial charge >= 0.3 is 0 Å². The summed E-state index contributed by atoms with van der Waals surface area (Å²) in [5.41, 5.74) is 12.8. The summed E-state index contributed by atoms with van der Waals surface area (Å²) in [7, 11) is 0. The number of nitrogens with two attached hydrogens (primary N) is 2. The maximum Gasteiger partial charge on any atom is 0.260 e. The first-order valence-electron chi connectivity index (χ1n) is 4.63. The molecule has 2 aromatic rings. The number of amides is 1. The number of fused-ring (bicyclic) bond motifs is 1. The minimum atomic E-state index is -0.568. The van der Waals surface area contributed by atoms with Crippen LogP contribution in [0.1, 0.15) is 20.9 Å². The summed E-state index contributed by atoms with van der Waals surface area (Å²) in [5, 5.41) is 9.87. The Balaban J connectivity index is 2.85. The molecule has 1 amide bonds. The van der Waals surface area contributed by atoms with Crippen molar-refractivity contribution in [2.45, 2.75) is 13.5 Å². The van der Waals surface area contributed by atoms with Crippen LogP contribution in [-0.2, 0) is 6.61 Å².